The highest BCUT2D eigenvalue weighted by molar-refractivity contribution is 14.1. The summed E-state index contributed by atoms with van der Waals surface area (Å²) in [7, 11) is 0. The Hall–Kier alpha value is -7.57. The van der Waals surface area contributed by atoms with E-state index in [1.54, 1.807) is 13.1 Å². The maximum Gasteiger partial charge on any atom is 0.150 e. The molecule has 1 spiro atoms. The summed E-state index contributed by atoms with van der Waals surface area (Å²) in [5.74, 6) is 53.2. The Morgan fingerprint density at radius 1 is 0.857 bits per heavy atom. The second-order valence-corrected chi connectivity index (χ2v) is 14.0. The molecule has 16 heteroatoms. The Kier molecular flexibility index (Phi) is 23.4. The van der Waals surface area contributed by atoms with E-state index >= 15 is 0 Å². The first-order valence-electron chi connectivity index (χ1n) is 17.9. The third kappa shape index (κ3) is 17.9. The fourth-order valence-electron chi connectivity index (χ4n) is 5.64. The number of halogens is 2. The third-order valence-electron chi connectivity index (χ3n) is 8.22. The van der Waals surface area contributed by atoms with Crippen molar-refractivity contribution in [2.45, 2.75) is 49.1 Å². The molecule has 0 unspecified atom stereocenters. The molecule has 324 valence electrons. The Balaban J connectivity index is -0.000000151. The largest absolute Gasteiger partial charge is 0.382 e. The molecular formula is C47H50ClIN12S2. The molecule has 3 heterocycles. The van der Waals surface area contributed by atoms with Crippen molar-refractivity contribution < 1.29 is 14.3 Å². The second kappa shape index (κ2) is 29.6. The molecule has 1 fully saturated rings. The number of piperidine rings is 1. The number of pyridine rings is 1. The zero-order valence-corrected chi connectivity index (χ0v) is 38.1. The molecule has 5 rings (SSSR count). The average molecular weight is 1010 g/mol. The lowest BCUT2D eigenvalue weighted by Gasteiger charge is -2.42. The summed E-state index contributed by atoms with van der Waals surface area (Å²) in [4.78, 5) is 16.7. The number of terminal acetylenes is 1. The molecule has 63 heavy (non-hydrogen) atoms. The van der Waals surface area contributed by atoms with Crippen LogP contribution in [0.15, 0.2) is 83.1 Å². The maximum atomic E-state index is 6.71. The van der Waals surface area contributed by atoms with Crippen molar-refractivity contribution in [3.8, 4) is 131 Å². The summed E-state index contributed by atoms with van der Waals surface area (Å²) in [6.45, 7) is 5.59. The van der Waals surface area contributed by atoms with Crippen LogP contribution in [0.3, 0.4) is 0 Å². The highest BCUT2D eigenvalue weighted by Gasteiger charge is 2.46. The van der Waals surface area contributed by atoms with Gasteiger partial charge in [-0.15, -0.1) is 11.5 Å². The van der Waals surface area contributed by atoms with Crippen LogP contribution in [-0.2, 0) is 18.8 Å². The molecule has 1 aliphatic carbocycles. The maximum absolute atomic E-state index is 6.71. The molecule has 0 saturated carbocycles. The van der Waals surface area contributed by atoms with Gasteiger partial charge in [0.15, 0.2) is 0 Å². The Labute approximate surface area is 411 Å². The van der Waals surface area contributed by atoms with E-state index in [4.69, 9.17) is 39.5 Å². The lowest BCUT2D eigenvalue weighted by atomic mass is 9.73. The van der Waals surface area contributed by atoms with Crippen molar-refractivity contribution >= 4 is 74.2 Å². The molecule has 1 aliphatic heterocycles. The number of hydrogen-bond acceptors (Lipinski definition) is 9. The van der Waals surface area contributed by atoms with Crippen LogP contribution in [0.1, 0.15) is 56.9 Å². The molecule has 1 aromatic carbocycles. The second-order valence-electron chi connectivity index (χ2n) is 11.9. The minimum Gasteiger partial charge on any atom is -0.382 e. The van der Waals surface area contributed by atoms with Gasteiger partial charge in [0.25, 0.3) is 0 Å². The van der Waals surface area contributed by atoms with Gasteiger partial charge < -0.3 is 16.4 Å². The number of rotatable bonds is 6. The van der Waals surface area contributed by atoms with Crippen LogP contribution in [-0.4, -0.2) is 32.3 Å². The van der Waals surface area contributed by atoms with Crippen molar-refractivity contribution in [2.24, 2.45) is 41.6 Å². The number of aryl methyl sites for hydroxylation is 1. The van der Waals surface area contributed by atoms with Gasteiger partial charge in [-0.2, -0.15) is 0 Å². The molecule has 2 aromatic heterocycles. The molecule has 0 radical (unpaired) electrons. The van der Waals surface area contributed by atoms with Gasteiger partial charge in [-0.3, -0.25) is 0 Å². The van der Waals surface area contributed by atoms with Gasteiger partial charge >= 0.3 is 0 Å². The summed E-state index contributed by atoms with van der Waals surface area (Å²) in [5, 5.41) is 16.8. The van der Waals surface area contributed by atoms with Crippen LogP contribution >= 0.6 is 46.0 Å². The summed E-state index contributed by atoms with van der Waals surface area (Å²) in [5.41, 5.74) is 16.3. The monoisotopic (exact) mass is 1010 g/mol. The predicted molar refractivity (Wildman–Crippen MR) is 281 cm³/mol. The number of nitrogen functional groups attached to an aromatic ring is 1. The van der Waals surface area contributed by atoms with Gasteiger partial charge in [0.05, 0.1) is 33.6 Å². The fraction of sp³-hybridized carbons (Fsp3) is 0.191. The summed E-state index contributed by atoms with van der Waals surface area (Å²) in [6, 6.07) is 10.6. The van der Waals surface area contributed by atoms with Gasteiger partial charge in [-0.05, 0) is 194 Å². The average Bonchev–Trinajstić information content (AvgIpc) is 3.56. The van der Waals surface area contributed by atoms with E-state index in [-0.39, 0.29) is 25.7 Å². The Morgan fingerprint density at radius 3 is 1.94 bits per heavy atom. The van der Waals surface area contributed by atoms with Crippen molar-refractivity contribution in [1.82, 2.24) is 15.0 Å². The topological polar surface area (TPSA) is 168 Å². The van der Waals surface area contributed by atoms with E-state index in [2.05, 4.69) is 201 Å². The minimum absolute atomic E-state index is 0. The lowest BCUT2D eigenvalue weighted by molar-refractivity contribution is 0.187. The van der Waals surface area contributed by atoms with E-state index in [0.29, 0.717) is 10.8 Å². The first kappa shape index (κ1) is 49.8. The van der Waals surface area contributed by atoms with E-state index in [9.17, 15) is 0 Å². The highest BCUT2D eigenvalue weighted by atomic mass is 127. The van der Waals surface area contributed by atoms with Gasteiger partial charge in [-0.1, -0.05) is 58.0 Å². The molecule has 0 amide bonds. The first-order chi connectivity index (χ1) is 30.8. The predicted octanol–water partition coefficient (Wildman–Crippen LogP) is 9.37. The van der Waals surface area contributed by atoms with Crippen LogP contribution in [0.25, 0.3) is 0 Å². The van der Waals surface area contributed by atoms with Crippen LogP contribution < -0.4 is 16.4 Å². The van der Waals surface area contributed by atoms with E-state index < -0.39 is 0 Å². The number of anilines is 2. The molecule has 1 atom stereocenters. The minimum atomic E-state index is 0. The SMILES string of the molecule is C#CC#CC#CC#CC#CC#CC#CC#CC#CC#CC#CC.Cc1nc(Sc2ccnc(N)c2Cl)cnc1N1CCC2(CC1)Cc1ccccc1[C@H]2N.S=N/N=N/N=N/N=C/I.[HH].[HH].[HH].[HH].[HH].[HH].[HH].[HH].[HH].[HH]. The first-order valence-corrected chi connectivity index (χ1v) is 20.7. The third-order valence-corrected chi connectivity index (χ3v) is 10.0. The number of aromatic nitrogens is 3. The molecule has 3 aromatic rings. The van der Waals surface area contributed by atoms with Crippen molar-refractivity contribution in [3.63, 3.8) is 0 Å². The number of nitrogens with zero attached hydrogens (tertiary/aromatic N) is 10. The molecule has 0 bridgehead atoms. The molecule has 12 nitrogen and oxygen atoms in total. The number of nitrogens with two attached hydrogens (primary N) is 2. The zero-order valence-electron chi connectivity index (χ0n) is 33.5. The van der Waals surface area contributed by atoms with Crippen molar-refractivity contribution in [3.05, 3.63) is 64.6 Å². The molecule has 4 N–H and O–H groups in total. The van der Waals surface area contributed by atoms with Crippen LogP contribution in [0.4, 0.5) is 11.6 Å². The van der Waals surface area contributed by atoms with Crippen LogP contribution in [0.5, 0.6) is 0 Å². The Morgan fingerprint density at radius 2 is 1.41 bits per heavy atom. The normalized spacial score (nSPS) is 12.8. The summed E-state index contributed by atoms with van der Waals surface area (Å²) < 4.78 is 4.30. The number of benzene rings is 1. The lowest BCUT2D eigenvalue weighted by Crippen LogP contribution is -2.44. The van der Waals surface area contributed by atoms with Crippen molar-refractivity contribution in [1.29, 1.82) is 0 Å². The number of hydrogen-bond donors (Lipinski definition) is 2. The molecular weight excluding hydrogens is 959 g/mol. The summed E-state index contributed by atoms with van der Waals surface area (Å²) >= 11 is 13.7. The van der Waals surface area contributed by atoms with E-state index in [1.165, 1.54) is 27.1 Å². The quantitative estimate of drug-likeness (QED) is 0.0810. The Bertz CT molecular complexity index is 3000. The standard InChI is InChI=1S/C23H25ClN6S.C23H4.CHIN6S.10H2/c1-14-22(28-13-18(29-14)31-17-6-9-27-21(26)19(17)24)30-10-7-23(8-11-30)12-15-4-2-3-5-16(15)20(23)25;1-3-5-7-9-11-13-15-17-19-21-23-22-20-18-16-14-12-10-8-6-4-2;2-1-3-4-5-6-7-8-9;;;;;;;;;;/h2-6,9,13,20H,7-8,10-12,25H2,1H3,(H2,26,27);1H,2H3;1H;10*1H/b;;3-1+,5-4+,7-6+;;;;;;;;;;/t20-;;;;;;;;;;;;/m1............/s1. The van der Waals surface area contributed by atoms with E-state index in [1.807, 2.05) is 41.8 Å². The van der Waals surface area contributed by atoms with Crippen LogP contribution in [0, 0.1) is 143 Å². The zero-order chi connectivity index (χ0) is 45.4. The van der Waals surface area contributed by atoms with Crippen LogP contribution in [0.2, 0.25) is 5.02 Å². The van der Waals surface area contributed by atoms with E-state index in [0.717, 1.165) is 53.8 Å². The highest BCUT2D eigenvalue weighted by Crippen LogP contribution is 2.51. The van der Waals surface area contributed by atoms with Gasteiger partial charge in [0.1, 0.15) is 16.7 Å². The molecule has 2 aliphatic rings. The van der Waals surface area contributed by atoms with Gasteiger partial charge in [0.2, 0.25) is 0 Å². The smallest absolute Gasteiger partial charge is 0.150 e. The van der Waals surface area contributed by atoms with Crippen molar-refractivity contribution in [2.75, 3.05) is 23.7 Å². The summed E-state index contributed by atoms with van der Waals surface area (Å²) in [6.07, 6.45) is 11.6. The van der Waals surface area contributed by atoms with Gasteiger partial charge in [0, 0.05) is 68.2 Å². The van der Waals surface area contributed by atoms with Gasteiger partial charge in [-0.25, -0.2) is 15.0 Å². The molecule has 1 saturated heterocycles. The fourth-order valence-corrected chi connectivity index (χ4v) is 6.85. The number of fused-ring (bicyclic) bond motifs is 1.